The summed E-state index contributed by atoms with van der Waals surface area (Å²) in [4.78, 5) is 26.4. The predicted molar refractivity (Wildman–Crippen MR) is 111 cm³/mol. The number of methoxy groups -OCH3 is 1. The van der Waals surface area contributed by atoms with Crippen molar-refractivity contribution in [3.63, 3.8) is 0 Å². The Morgan fingerprint density at radius 2 is 1.93 bits per heavy atom. The zero-order valence-electron chi connectivity index (χ0n) is 15.9. The maximum absolute atomic E-state index is 12.5. The maximum atomic E-state index is 12.5. The Labute approximate surface area is 168 Å². The van der Waals surface area contributed by atoms with Gasteiger partial charge in [-0.1, -0.05) is 12.1 Å². The third kappa shape index (κ3) is 6.08. The fourth-order valence-electron chi connectivity index (χ4n) is 2.42. The lowest BCUT2D eigenvalue weighted by molar-refractivity contribution is -0.122. The number of carbonyl (C=O) groups excluding carboxylic acids is 2. The maximum Gasteiger partial charge on any atom is 0.241 e. The van der Waals surface area contributed by atoms with Crippen molar-refractivity contribution >= 4 is 39.1 Å². The number of carbonyl (C=O) groups is 2. The van der Waals surface area contributed by atoms with Crippen molar-refractivity contribution in [1.82, 2.24) is 4.90 Å². The first-order chi connectivity index (χ1) is 12.8. The third-order valence-electron chi connectivity index (χ3n) is 4.17. The number of aryl methyl sites for hydroxylation is 1. The van der Waals surface area contributed by atoms with Gasteiger partial charge in [-0.05, 0) is 66.7 Å². The first-order valence-corrected chi connectivity index (χ1v) is 9.30. The van der Waals surface area contributed by atoms with Crippen LogP contribution >= 0.6 is 15.9 Å². The summed E-state index contributed by atoms with van der Waals surface area (Å²) >= 11 is 3.45. The summed E-state index contributed by atoms with van der Waals surface area (Å²) in [5, 5.41) is 5.69. The molecule has 0 aliphatic heterocycles. The van der Waals surface area contributed by atoms with Crippen molar-refractivity contribution in [1.29, 1.82) is 0 Å². The first-order valence-electron chi connectivity index (χ1n) is 8.51. The Hall–Kier alpha value is -2.38. The number of hydrogen-bond acceptors (Lipinski definition) is 4. The molecule has 0 spiro atoms. The number of nitrogens with one attached hydrogen (secondary N) is 2. The van der Waals surface area contributed by atoms with Crippen LogP contribution in [-0.4, -0.2) is 43.5 Å². The van der Waals surface area contributed by atoms with Gasteiger partial charge in [-0.25, -0.2) is 0 Å². The molecule has 27 heavy (non-hydrogen) atoms. The second-order valence-electron chi connectivity index (χ2n) is 6.34. The fraction of sp³-hybridized carbons (Fsp3) is 0.300. The smallest absolute Gasteiger partial charge is 0.241 e. The second-order valence-corrected chi connectivity index (χ2v) is 7.20. The van der Waals surface area contributed by atoms with E-state index >= 15 is 0 Å². The highest BCUT2D eigenvalue weighted by Crippen LogP contribution is 2.23. The molecule has 2 amide bonds. The van der Waals surface area contributed by atoms with Crippen LogP contribution in [0.15, 0.2) is 46.9 Å². The molecule has 0 aromatic heterocycles. The van der Waals surface area contributed by atoms with E-state index in [0.29, 0.717) is 17.1 Å². The molecule has 0 radical (unpaired) electrons. The monoisotopic (exact) mass is 433 g/mol. The Bertz CT molecular complexity index is 826. The number of hydrogen-bond donors (Lipinski definition) is 2. The van der Waals surface area contributed by atoms with Crippen LogP contribution in [0, 0.1) is 6.92 Å². The number of ether oxygens (including phenoxy) is 1. The van der Waals surface area contributed by atoms with Gasteiger partial charge >= 0.3 is 0 Å². The number of nitrogens with zero attached hydrogens (tertiary/aromatic N) is 1. The van der Waals surface area contributed by atoms with Gasteiger partial charge in [0.15, 0.2) is 0 Å². The van der Waals surface area contributed by atoms with Gasteiger partial charge in [0.25, 0.3) is 0 Å². The van der Waals surface area contributed by atoms with E-state index in [4.69, 9.17) is 4.74 Å². The molecular weight excluding hydrogens is 410 g/mol. The van der Waals surface area contributed by atoms with Crippen LogP contribution in [0.1, 0.15) is 12.5 Å². The van der Waals surface area contributed by atoms with E-state index in [1.807, 2.05) is 25.1 Å². The largest absolute Gasteiger partial charge is 0.497 e. The van der Waals surface area contributed by atoms with E-state index in [1.165, 1.54) is 0 Å². The van der Waals surface area contributed by atoms with E-state index in [2.05, 4.69) is 26.6 Å². The Morgan fingerprint density at radius 3 is 2.59 bits per heavy atom. The molecule has 0 aliphatic carbocycles. The van der Waals surface area contributed by atoms with Crippen molar-refractivity contribution in [2.45, 2.75) is 19.9 Å². The minimum absolute atomic E-state index is 0.0842. The molecule has 0 aliphatic rings. The molecular formula is C20H24BrN3O3. The van der Waals surface area contributed by atoms with Crippen molar-refractivity contribution in [3.05, 3.63) is 52.5 Å². The van der Waals surface area contributed by atoms with Crippen LogP contribution in [0.5, 0.6) is 5.75 Å². The summed E-state index contributed by atoms with van der Waals surface area (Å²) in [6.07, 6.45) is 0. The second kappa shape index (κ2) is 9.53. The Morgan fingerprint density at radius 1 is 1.19 bits per heavy atom. The van der Waals surface area contributed by atoms with Crippen molar-refractivity contribution in [2.75, 3.05) is 31.3 Å². The van der Waals surface area contributed by atoms with Crippen LogP contribution in [0.3, 0.4) is 0 Å². The molecule has 0 bridgehead atoms. The molecule has 6 nitrogen and oxygen atoms in total. The number of rotatable bonds is 7. The van der Waals surface area contributed by atoms with Crippen molar-refractivity contribution in [2.24, 2.45) is 0 Å². The van der Waals surface area contributed by atoms with Gasteiger partial charge in [0.1, 0.15) is 5.75 Å². The van der Waals surface area contributed by atoms with E-state index in [-0.39, 0.29) is 18.4 Å². The topological polar surface area (TPSA) is 70.7 Å². The molecule has 2 rings (SSSR count). The minimum Gasteiger partial charge on any atom is -0.497 e. The normalized spacial score (nSPS) is 11.8. The Kier molecular flexibility index (Phi) is 7.38. The van der Waals surface area contributed by atoms with Gasteiger partial charge in [0.05, 0.1) is 25.4 Å². The molecule has 2 aromatic rings. The first kappa shape index (κ1) is 20.9. The zero-order chi connectivity index (χ0) is 20.0. The van der Waals surface area contributed by atoms with Gasteiger partial charge < -0.3 is 15.4 Å². The molecule has 7 heteroatoms. The van der Waals surface area contributed by atoms with Gasteiger partial charge in [-0.3, -0.25) is 14.5 Å². The molecule has 144 valence electrons. The molecule has 0 heterocycles. The molecule has 2 N–H and O–H groups in total. The highest BCUT2D eigenvalue weighted by Gasteiger charge is 2.21. The van der Waals surface area contributed by atoms with E-state index in [0.717, 1.165) is 10.0 Å². The van der Waals surface area contributed by atoms with Gasteiger partial charge in [0.2, 0.25) is 11.8 Å². The lowest BCUT2D eigenvalue weighted by Gasteiger charge is -2.23. The summed E-state index contributed by atoms with van der Waals surface area (Å²) in [5.41, 5.74) is 2.44. The lowest BCUT2D eigenvalue weighted by Crippen LogP contribution is -2.43. The van der Waals surface area contributed by atoms with Gasteiger partial charge in [-0.15, -0.1) is 0 Å². The average Bonchev–Trinajstić information content (AvgIpc) is 2.63. The summed E-state index contributed by atoms with van der Waals surface area (Å²) in [6.45, 7) is 3.82. The molecule has 0 saturated heterocycles. The number of amides is 2. The van der Waals surface area contributed by atoms with E-state index in [9.17, 15) is 9.59 Å². The van der Waals surface area contributed by atoms with Crippen molar-refractivity contribution < 1.29 is 14.3 Å². The zero-order valence-corrected chi connectivity index (χ0v) is 17.5. The minimum atomic E-state index is -0.478. The molecule has 2 aromatic carbocycles. The highest BCUT2D eigenvalue weighted by molar-refractivity contribution is 9.10. The van der Waals surface area contributed by atoms with Gasteiger partial charge in [0, 0.05) is 16.2 Å². The number of anilines is 2. The molecule has 1 unspecified atom stereocenters. The standard InChI is InChI=1S/C20H24BrN3O3/c1-13-8-9-18(17(21)10-13)23-20(26)14(2)24(3)12-19(25)22-15-6-5-7-16(11-15)27-4/h5-11,14H,12H2,1-4H3,(H,22,25)(H,23,26). The van der Waals surface area contributed by atoms with Crippen LogP contribution in [0.2, 0.25) is 0 Å². The molecule has 1 atom stereocenters. The number of halogens is 1. The summed E-state index contributed by atoms with van der Waals surface area (Å²) in [7, 11) is 3.31. The SMILES string of the molecule is COc1cccc(NC(=O)CN(C)C(C)C(=O)Nc2ccc(C)cc2Br)c1. The summed E-state index contributed by atoms with van der Waals surface area (Å²) < 4.78 is 5.96. The number of likely N-dealkylation sites (N-methyl/N-ethyl adjacent to an activating group) is 1. The van der Waals surface area contributed by atoms with Crippen LogP contribution < -0.4 is 15.4 Å². The molecule has 0 saturated carbocycles. The average molecular weight is 434 g/mol. The third-order valence-corrected chi connectivity index (χ3v) is 4.83. The molecule has 0 fully saturated rings. The predicted octanol–water partition coefficient (Wildman–Crippen LogP) is 3.66. The fourth-order valence-corrected chi connectivity index (χ4v) is 3.02. The summed E-state index contributed by atoms with van der Waals surface area (Å²) in [5.74, 6) is 0.274. The summed E-state index contributed by atoms with van der Waals surface area (Å²) in [6, 6.07) is 12.4. The van der Waals surface area contributed by atoms with E-state index in [1.54, 1.807) is 50.2 Å². The Balaban J connectivity index is 1.92. The van der Waals surface area contributed by atoms with Gasteiger partial charge in [-0.2, -0.15) is 0 Å². The quantitative estimate of drug-likeness (QED) is 0.698. The highest BCUT2D eigenvalue weighted by atomic mass is 79.9. The lowest BCUT2D eigenvalue weighted by atomic mass is 10.2. The van der Waals surface area contributed by atoms with Crippen LogP contribution in [0.25, 0.3) is 0 Å². The number of benzene rings is 2. The van der Waals surface area contributed by atoms with Crippen LogP contribution in [0.4, 0.5) is 11.4 Å². The van der Waals surface area contributed by atoms with Crippen LogP contribution in [-0.2, 0) is 9.59 Å². The van der Waals surface area contributed by atoms with Crippen molar-refractivity contribution in [3.8, 4) is 5.75 Å². The van der Waals surface area contributed by atoms with E-state index < -0.39 is 6.04 Å².